The topological polar surface area (TPSA) is 94.8 Å². The van der Waals surface area contributed by atoms with Crippen LogP contribution < -0.4 is 15.7 Å². The maximum Gasteiger partial charge on any atom is 0.339 e. The highest BCUT2D eigenvalue weighted by atomic mass is 79.9. The summed E-state index contributed by atoms with van der Waals surface area (Å²) < 4.78 is 16.5. The van der Waals surface area contributed by atoms with Crippen LogP contribution >= 0.6 is 15.9 Å². The fraction of sp³-hybridized carbons (Fsp3) is 0.261. The van der Waals surface area contributed by atoms with Crippen molar-refractivity contribution in [1.29, 1.82) is 0 Å². The van der Waals surface area contributed by atoms with Gasteiger partial charge in [0.25, 0.3) is 5.91 Å². The normalized spacial score (nSPS) is 10.7. The molecule has 0 spiro atoms. The molecule has 0 fully saturated rings. The van der Waals surface area contributed by atoms with Crippen LogP contribution in [0.3, 0.4) is 0 Å². The Morgan fingerprint density at radius 2 is 1.90 bits per heavy atom. The second kappa shape index (κ2) is 9.78. The summed E-state index contributed by atoms with van der Waals surface area (Å²) in [6, 6.07) is 10.7. The van der Waals surface area contributed by atoms with E-state index in [1.807, 2.05) is 25.1 Å². The quantitative estimate of drug-likeness (QED) is 0.394. The molecule has 8 heteroatoms. The Kier molecular flexibility index (Phi) is 7.12. The van der Waals surface area contributed by atoms with E-state index in [2.05, 4.69) is 21.2 Å². The average Bonchev–Trinajstić information content (AvgIpc) is 2.73. The van der Waals surface area contributed by atoms with Crippen molar-refractivity contribution in [3.8, 4) is 5.75 Å². The van der Waals surface area contributed by atoms with Crippen LogP contribution in [0, 0.1) is 13.8 Å². The van der Waals surface area contributed by atoms with Gasteiger partial charge in [-0.05, 0) is 61.7 Å². The summed E-state index contributed by atoms with van der Waals surface area (Å²) in [7, 11) is 1.53. The maximum atomic E-state index is 12.4. The molecule has 0 bridgehead atoms. The van der Waals surface area contributed by atoms with Gasteiger partial charge in [-0.15, -0.1) is 0 Å². The molecule has 1 N–H and O–H groups in total. The van der Waals surface area contributed by atoms with Gasteiger partial charge in [0.1, 0.15) is 11.3 Å². The molecule has 1 heterocycles. The number of halogens is 1. The van der Waals surface area contributed by atoms with E-state index in [9.17, 15) is 14.4 Å². The number of hydrogen-bond acceptors (Lipinski definition) is 6. The summed E-state index contributed by atoms with van der Waals surface area (Å²) >= 11 is 3.36. The number of carbonyl (C=O) groups excluding carboxylic acids is 2. The third-order valence-corrected chi connectivity index (χ3v) is 5.39. The molecule has 3 aromatic rings. The number of anilines is 1. The van der Waals surface area contributed by atoms with Crippen LogP contribution in [0.15, 0.2) is 50.1 Å². The van der Waals surface area contributed by atoms with Crippen molar-refractivity contribution >= 4 is 44.5 Å². The number of amides is 1. The van der Waals surface area contributed by atoms with Crippen LogP contribution in [-0.4, -0.2) is 25.6 Å². The number of benzene rings is 2. The summed E-state index contributed by atoms with van der Waals surface area (Å²) in [5.74, 6) is -0.423. The number of carbonyl (C=O) groups is 2. The molecule has 31 heavy (non-hydrogen) atoms. The lowest BCUT2D eigenvalue weighted by molar-refractivity contribution is -0.147. The molecule has 0 unspecified atom stereocenters. The number of fused-ring (bicyclic) bond motifs is 1. The first kappa shape index (κ1) is 22.6. The van der Waals surface area contributed by atoms with E-state index in [-0.39, 0.29) is 12.8 Å². The molecular weight excluding hydrogens is 466 g/mol. The SMILES string of the molecule is COc1ccc2c(C)c(CCC(=O)OCC(=O)Nc3ccc(Br)cc3C)c(=O)oc2c1. The standard InChI is InChI=1S/C23H22BrNO6/c1-13-10-15(24)4-8-19(13)25-21(26)12-30-22(27)9-7-18-14(2)17-6-5-16(29-3)11-20(17)31-23(18)28/h4-6,8,10-11H,7,9,12H2,1-3H3,(H,25,26). The number of hydrogen-bond donors (Lipinski definition) is 1. The van der Waals surface area contributed by atoms with E-state index < -0.39 is 24.1 Å². The number of methoxy groups -OCH3 is 1. The Morgan fingerprint density at radius 1 is 1.13 bits per heavy atom. The minimum absolute atomic E-state index is 0.0438. The van der Waals surface area contributed by atoms with Gasteiger partial charge in [0, 0.05) is 33.6 Å². The van der Waals surface area contributed by atoms with Crippen molar-refractivity contribution in [1.82, 2.24) is 0 Å². The Hall–Kier alpha value is -3.13. The lowest BCUT2D eigenvalue weighted by Gasteiger charge is -2.10. The maximum absolute atomic E-state index is 12.4. The van der Waals surface area contributed by atoms with Gasteiger partial charge in [0.05, 0.1) is 7.11 Å². The van der Waals surface area contributed by atoms with E-state index in [1.54, 1.807) is 25.1 Å². The first-order valence-corrected chi connectivity index (χ1v) is 10.4. The summed E-state index contributed by atoms with van der Waals surface area (Å²) in [4.78, 5) is 36.5. The second-order valence-electron chi connectivity index (χ2n) is 7.02. The Morgan fingerprint density at radius 3 is 2.61 bits per heavy atom. The predicted molar refractivity (Wildman–Crippen MR) is 121 cm³/mol. The monoisotopic (exact) mass is 487 g/mol. The molecule has 2 aromatic carbocycles. The van der Waals surface area contributed by atoms with E-state index >= 15 is 0 Å². The van der Waals surface area contributed by atoms with Gasteiger partial charge in [-0.2, -0.15) is 0 Å². The molecule has 0 atom stereocenters. The third-order valence-electron chi connectivity index (χ3n) is 4.90. The molecule has 0 radical (unpaired) electrons. The van der Waals surface area contributed by atoms with Gasteiger partial charge < -0.3 is 19.2 Å². The minimum Gasteiger partial charge on any atom is -0.497 e. The summed E-state index contributed by atoms with van der Waals surface area (Å²) in [5, 5.41) is 3.47. The number of nitrogens with one attached hydrogen (secondary N) is 1. The summed E-state index contributed by atoms with van der Waals surface area (Å²) in [6.07, 6.45) is 0.111. The highest BCUT2D eigenvalue weighted by Gasteiger charge is 2.15. The van der Waals surface area contributed by atoms with Crippen LogP contribution in [0.4, 0.5) is 5.69 Å². The van der Waals surface area contributed by atoms with Crippen LogP contribution in [-0.2, 0) is 20.7 Å². The van der Waals surface area contributed by atoms with E-state index in [0.717, 1.165) is 21.0 Å². The molecule has 162 valence electrons. The molecule has 0 aliphatic carbocycles. The van der Waals surface area contributed by atoms with Crippen molar-refractivity contribution in [3.63, 3.8) is 0 Å². The van der Waals surface area contributed by atoms with Gasteiger partial charge in [-0.25, -0.2) is 4.79 Å². The Bertz CT molecular complexity index is 1200. The number of ether oxygens (including phenoxy) is 2. The Balaban J connectivity index is 1.58. The number of aryl methyl sites for hydroxylation is 2. The molecule has 7 nitrogen and oxygen atoms in total. The highest BCUT2D eigenvalue weighted by Crippen LogP contribution is 2.24. The number of rotatable bonds is 7. The molecule has 0 saturated carbocycles. The van der Waals surface area contributed by atoms with Crippen LogP contribution in [0.2, 0.25) is 0 Å². The van der Waals surface area contributed by atoms with E-state index in [1.165, 1.54) is 7.11 Å². The van der Waals surface area contributed by atoms with Crippen molar-refractivity contribution in [2.24, 2.45) is 0 Å². The average molecular weight is 488 g/mol. The van der Waals surface area contributed by atoms with Crippen LogP contribution in [0.5, 0.6) is 5.75 Å². The second-order valence-corrected chi connectivity index (χ2v) is 7.94. The number of esters is 1. The largest absolute Gasteiger partial charge is 0.497 e. The van der Waals surface area contributed by atoms with Crippen LogP contribution in [0.1, 0.15) is 23.1 Å². The smallest absolute Gasteiger partial charge is 0.339 e. The zero-order valence-electron chi connectivity index (χ0n) is 17.4. The predicted octanol–water partition coefficient (Wildman–Crippen LogP) is 4.30. The van der Waals surface area contributed by atoms with E-state index in [0.29, 0.717) is 22.6 Å². The summed E-state index contributed by atoms with van der Waals surface area (Å²) in [6.45, 7) is 3.26. The molecular formula is C23H22BrNO6. The third kappa shape index (κ3) is 5.52. The lowest BCUT2D eigenvalue weighted by Crippen LogP contribution is -2.22. The molecule has 1 aromatic heterocycles. The van der Waals surface area contributed by atoms with Crippen molar-refractivity contribution < 1.29 is 23.5 Å². The van der Waals surface area contributed by atoms with Crippen molar-refractivity contribution in [2.45, 2.75) is 26.7 Å². The fourth-order valence-electron chi connectivity index (χ4n) is 3.19. The Labute approximate surface area is 187 Å². The molecule has 0 aliphatic heterocycles. The first-order chi connectivity index (χ1) is 14.8. The van der Waals surface area contributed by atoms with Gasteiger partial charge in [-0.3, -0.25) is 9.59 Å². The minimum atomic E-state index is -0.573. The lowest BCUT2D eigenvalue weighted by atomic mass is 10.0. The van der Waals surface area contributed by atoms with Gasteiger partial charge in [0.2, 0.25) is 0 Å². The van der Waals surface area contributed by atoms with E-state index in [4.69, 9.17) is 13.9 Å². The molecule has 1 amide bonds. The molecule has 3 rings (SSSR count). The van der Waals surface area contributed by atoms with Crippen molar-refractivity contribution in [3.05, 3.63) is 68.0 Å². The van der Waals surface area contributed by atoms with Crippen molar-refractivity contribution in [2.75, 3.05) is 19.0 Å². The fourth-order valence-corrected chi connectivity index (χ4v) is 3.66. The molecule has 0 saturated heterocycles. The van der Waals surface area contributed by atoms with Crippen LogP contribution in [0.25, 0.3) is 11.0 Å². The van der Waals surface area contributed by atoms with Gasteiger partial charge in [0.15, 0.2) is 6.61 Å². The van der Waals surface area contributed by atoms with Gasteiger partial charge >= 0.3 is 11.6 Å². The zero-order chi connectivity index (χ0) is 22.5. The first-order valence-electron chi connectivity index (χ1n) is 9.60. The molecule has 0 aliphatic rings. The summed E-state index contributed by atoms with van der Waals surface area (Å²) in [5.41, 5.74) is 2.59. The zero-order valence-corrected chi connectivity index (χ0v) is 19.0. The van der Waals surface area contributed by atoms with Gasteiger partial charge in [-0.1, -0.05) is 15.9 Å². The highest BCUT2D eigenvalue weighted by molar-refractivity contribution is 9.10.